The Balaban J connectivity index is 1.40. The highest BCUT2D eigenvalue weighted by molar-refractivity contribution is 5.83. The average Bonchev–Trinajstić information content (AvgIpc) is 3.58. The fraction of sp³-hybridized carbons (Fsp3) is 0.783. The maximum Gasteiger partial charge on any atom is 0.226 e. The van der Waals surface area contributed by atoms with E-state index < -0.39 is 5.54 Å². The van der Waals surface area contributed by atoms with E-state index in [1.165, 1.54) is 18.5 Å². The van der Waals surface area contributed by atoms with Crippen molar-refractivity contribution >= 4 is 11.8 Å². The van der Waals surface area contributed by atoms with Gasteiger partial charge in [0.1, 0.15) is 5.54 Å². The number of fused-ring (bicyclic) bond motifs is 2. The fourth-order valence-corrected chi connectivity index (χ4v) is 5.70. The first-order valence-corrected chi connectivity index (χ1v) is 11.5. The number of rotatable bonds is 5. The molecule has 0 radical (unpaired) electrons. The SMILES string of the molecule is CC[C@@H]1C[C@H]1C(=O)N1CCC2(C1)c1ncn(C)c1CCN2C(=O)CCC1(C)CC1. The summed E-state index contributed by atoms with van der Waals surface area (Å²) < 4.78 is 2.10. The second-order valence-electron chi connectivity index (χ2n) is 10.3. The molecular weight excluding hydrogens is 364 g/mol. The summed E-state index contributed by atoms with van der Waals surface area (Å²) >= 11 is 0. The van der Waals surface area contributed by atoms with E-state index in [1.54, 1.807) is 0 Å². The van der Waals surface area contributed by atoms with Gasteiger partial charge in [-0.1, -0.05) is 20.3 Å². The smallest absolute Gasteiger partial charge is 0.226 e. The van der Waals surface area contributed by atoms with Gasteiger partial charge in [-0.25, -0.2) is 4.98 Å². The van der Waals surface area contributed by atoms with Gasteiger partial charge in [0.05, 0.1) is 12.0 Å². The third-order valence-corrected chi connectivity index (χ3v) is 8.26. The zero-order valence-electron chi connectivity index (χ0n) is 18.1. The van der Waals surface area contributed by atoms with Crippen LogP contribution in [0.5, 0.6) is 0 Å². The number of imidazole rings is 1. The molecule has 5 rings (SSSR count). The monoisotopic (exact) mass is 398 g/mol. The Hall–Kier alpha value is -1.85. The number of aromatic nitrogens is 2. The number of nitrogens with zero attached hydrogens (tertiary/aromatic N) is 4. The summed E-state index contributed by atoms with van der Waals surface area (Å²) in [6.45, 7) is 6.56. The maximum atomic E-state index is 13.4. The van der Waals surface area contributed by atoms with Crippen molar-refractivity contribution in [2.24, 2.45) is 24.3 Å². The molecule has 2 saturated carbocycles. The molecule has 6 nitrogen and oxygen atoms in total. The first-order valence-electron chi connectivity index (χ1n) is 11.5. The van der Waals surface area contributed by atoms with Crippen molar-refractivity contribution in [1.29, 1.82) is 0 Å². The zero-order valence-corrected chi connectivity index (χ0v) is 18.1. The predicted octanol–water partition coefficient (Wildman–Crippen LogP) is 2.86. The minimum atomic E-state index is -0.428. The number of amides is 2. The highest BCUT2D eigenvalue weighted by atomic mass is 16.2. The topological polar surface area (TPSA) is 58.4 Å². The Bertz CT molecular complexity index is 842. The molecule has 4 aliphatic rings. The number of hydrogen-bond donors (Lipinski definition) is 0. The van der Waals surface area contributed by atoms with Crippen molar-refractivity contribution in [3.05, 3.63) is 17.7 Å². The first-order chi connectivity index (χ1) is 13.9. The molecule has 1 saturated heterocycles. The van der Waals surface area contributed by atoms with Crippen LogP contribution in [0.1, 0.15) is 70.2 Å². The number of carbonyl (C=O) groups excluding carboxylic acids is 2. The minimum absolute atomic E-state index is 0.209. The van der Waals surface area contributed by atoms with E-state index in [1.807, 2.05) is 18.3 Å². The molecule has 29 heavy (non-hydrogen) atoms. The van der Waals surface area contributed by atoms with Crippen molar-refractivity contribution in [2.75, 3.05) is 19.6 Å². The summed E-state index contributed by atoms with van der Waals surface area (Å²) in [7, 11) is 2.04. The summed E-state index contributed by atoms with van der Waals surface area (Å²) in [5.41, 5.74) is 2.22. The summed E-state index contributed by atoms with van der Waals surface area (Å²) in [4.78, 5) is 35.3. The minimum Gasteiger partial charge on any atom is -0.340 e. The molecule has 2 amide bonds. The van der Waals surface area contributed by atoms with Gasteiger partial charge in [0, 0.05) is 51.1 Å². The highest BCUT2D eigenvalue weighted by Gasteiger charge is 2.54. The third-order valence-electron chi connectivity index (χ3n) is 8.26. The van der Waals surface area contributed by atoms with E-state index in [4.69, 9.17) is 4.98 Å². The molecule has 1 aromatic rings. The van der Waals surface area contributed by atoms with Gasteiger partial charge in [0.2, 0.25) is 11.8 Å². The van der Waals surface area contributed by atoms with E-state index in [0.717, 1.165) is 50.9 Å². The summed E-state index contributed by atoms with van der Waals surface area (Å²) in [6.07, 6.45) is 9.77. The lowest BCUT2D eigenvalue weighted by atomic mass is 9.85. The Morgan fingerprint density at radius 2 is 2.03 bits per heavy atom. The lowest BCUT2D eigenvalue weighted by molar-refractivity contribution is -0.141. The molecule has 2 aliphatic heterocycles. The van der Waals surface area contributed by atoms with E-state index in [-0.39, 0.29) is 11.8 Å². The van der Waals surface area contributed by atoms with Crippen LogP contribution in [0.15, 0.2) is 6.33 Å². The Morgan fingerprint density at radius 3 is 2.72 bits per heavy atom. The Morgan fingerprint density at radius 1 is 1.24 bits per heavy atom. The van der Waals surface area contributed by atoms with Gasteiger partial charge in [-0.05, 0) is 43.4 Å². The molecule has 158 valence electrons. The lowest BCUT2D eigenvalue weighted by Gasteiger charge is -2.44. The number of aryl methyl sites for hydroxylation is 1. The van der Waals surface area contributed by atoms with Crippen LogP contribution >= 0.6 is 0 Å². The van der Waals surface area contributed by atoms with Gasteiger partial charge < -0.3 is 14.4 Å². The maximum absolute atomic E-state index is 13.4. The van der Waals surface area contributed by atoms with Gasteiger partial charge in [0.25, 0.3) is 0 Å². The highest BCUT2D eigenvalue weighted by Crippen LogP contribution is 2.50. The molecule has 0 aromatic carbocycles. The van der Waals surface area contributed by atoms with Gasteiger partial charge in [-0.15, -0.1) is 0 Å². The average molecular weight is 399 g/mol. The van der Waals surface area contributed by atoms with Crippen molar-refractivity contribution < 1.29 is 9.59 Å². The number of carbonyl (C=O) groups is 2. The lowest BCUT2D eigenvalue weighted by Crippen LogP contribution is -2.55. The van der Waals surface area contributed by atoms with Crippen LogP contribution in [-0.4, -0.2) is 50.8 Å². The molecule has 3 heterocycles. The molecule has 0 N–H and O–H groups in total. The molecule has 3 fully saturated rings. The molecule has 3 atom stereocenters. The Kier molecular flexibility index (Phi) is 4.34. The standard InChI is InChI=1S/C23H34N4O2/c1-4-16-13-17(16)21(29)26-12-10-23(14-26)20-18(25(3)15-24-20)6-11-27(23)19(28)5-7-22(2)8-9-22/h15-17H,4-14H2,1-3H3/t16-,17-,23?/m1/s1. The molecule has 2 aliphatic carbocycles. The number of likely N-dealkylation sites (tertiary alicyclic amines) is 1. The number of hydrogen-bond acceptors (Lipinski definition) is 3. The van der Waals surface area contributed by atoms with E-state index in [0.29, 0.717) is 30.2 Å². The summed E-state index contributed by atoms with van der Waals surface area (Å²) in [6, 6.07) is 0. The normalized spacial score (nSPS) is 31.8. The van der Waals surface area contributed by atoms with E-state index in [2.05, 4.69) is 23.3 Å². The molecule has 1 spiro atoms. The molecule has 1 unspecified atom stereocenters. The van der Waals surface area contributed by atoms with Crippen LogP contribution in [-0.2, 0) is 28.6 Å². The van der Waals surface area contributed by atoms with Crippen LogP contribution < -0.4 is 0 Å². The molecule has 0 bridgehead atoms. The second kappa shape index (κ2) is 6.58. The first kappa shape index (κ1) is 19.1. The van der Waals surface area contributed by atoms with E-state index >= 15 is 0 Å². The van der Waals surface area contributed by atoms with Gasteiger partial charge in [-0.3, -0.25) is 9.59 Å². The largest absolute Gasteiger partial charge is 0.340 e. The van der Waals surface area contributed by atoms with Crippen molar-refractivity contribution in [2.45, 2.75) is 70.8 Å². The van der Waals surface area contributed by atoms with Gasteiger partial charge in [-0.2, -0.15) is 0 Å². The van der Waals surface area contributed by atoms with Crippen molar-refractivity contribution in [3.63, 3.8) is 0 Å². The van der Waals surface area contributed by atoms with E-state index in [9.17, 15) is 9.59 Å². The molecular formula is C23H34N4O2. The van der Waals surface area contributed by atoms with Crippen LogP contribution in [0.3, 0.4) is 0 Å². The fourth-order valence-electron chi connectivity index (χ4n) is 5.70. The van der Waals surface area contributed by atoms with Gasteiger partial charge in [0.15, 0.2) is 0 Å². The van der Waals surface area contributed by atoms with Crippen LogP contribution in [0.4, 0.5) is 0 Å². The molecule has 1 aromatic heterocycles. The summed E-state index contributed by atoms with van der Waals surface area (Å²) in [5.74, 6) is 1.32. The van der Waals surface area contributed by atoms with Gasteiger partial charge >= 0.3 is 0 Å². The third kappa shape index (κ3) is 3.10. The quantitative estimate of drug-likeness (QED) is 0.766. The zero-order chi connectivity index (χ0) is 20.4. The van der Waals surface area contributed by atoms with Crippen LogP contribution in [0, 0.1) is 17.3 Å². The van der Waals surface area contributed by atoms with Crippen LogP contribution in [0.2, 0.25) is 0 Å². The molecule has 6 heteroatoms. The Labute approximate surface area is 173 Å². The predicted molar refractivity (Wildman–Crippen MR) is 110 cm³/mol. The van der Waals surface area contributed by atoms with Crippen LogP contribution in [0.25, 0.3) is 0 Å². The second-order valence-corrected chi connectivity index (χ2v) is 10.3. The van der Waals surface area contributed by atoms with Crippen molar-refractivity contribution in [1.82, 2.24) is 19.4 Å². The van der Waals surface area contributed by atoms with Crippen molar-refractivity contribution in [3.8, 4) is 0 Å². The summed E-state index contributed by atoms with van der Waals surface area (Å²) in [5, 5.41) is 0.